The van der Waals surface area contributed by atoms with Crippen LogP contribution in [0.25, 0.3) is 17.1 Å². The van der Waals surface area contributed by atoms with Gasteiger partial charge < -0.3 is 19.8 Å². The van der Waals surface area contributed by atoms with Gasteiger partial charge in [-0.05, 0) is 30.3 Å². The first-order chi connectivity index (χ1) is 13.6. The van der Waals surface area contributed by atoms with E-state index in [1.54, 1.807) is 48.2 Å². The fourth-order valence-electron chi connectivity index (χ4n) is 2.50. The Hall–Kier alpha value is -3.10. The van der Waals surface area contributed by atoms with E-state index in [-0.39, 0.29) is 18.1 Å². The normalized spacial score (nSPS) is 10.6. The van der Waals surface area contributed by atoms with Gasteiger partial charge in [-0.25, -0.2) is 4.68 Å². The SMILES string of the molecule is COCCNC(=O)CNC(=O)c1cc(-c2ccco2)n(-c2cccc(Cl)c2)n1. The van der Waals surface area contributed by atoms with Crippen molar-refractivity contribution >= 4 is 23.4 Å². The molecule has 146 valence electrons. The molecule has 9 heteroatoms. The van der Waals surface area contributed by atoms with Crippen molar-refractivity contribution in [2.24, 2.45) is 0 Å². The first-order valence-corrected chi connectivity index (χ1v) is 8.90. The molecule has 0 aliphatic rings. The maximum absolute atomic E-state index is 12.5. The quantitative estimate of drug-likeness (QED) is 0.563. The van der Waals surface area contributed by atoms with E-state index >= 15 is 0 Å². The molecule has 0 spiro atoms. The summed E-state index contributed by atoms with van der Waals surface area (Å²) in [6.07, 6.45) is 1.54. The monoisotopic (exact) mass is 402 g/mol. The first-order valence-electron chi connectivity index (χ1n) is 8.52. The molecule has 1 aromatic carbocycles. The second-order valence-corrected chi connectivity index (χ2v) is 6.25. The van der Waals surface area contributed by atoms with E-state index in [0.717, 1.165) is 0 Å². The van der Waals surface area contributed by atoms with Gasteiger partial charge in [-0.3, -0.25) is 9.59 Å². The molecular weight excluding hydrogens is 384 g/mol. The number of ether oxygens (including phenoxy) is 1. The van der Waals surface area contributed by atoms with Crippen molar-refractivity contribution in [2.45, 2.75) is 0 Å². The maximum Gasteiger partial charge on any atom is 0.272 e. The fourth-order valence-corrected chi connectivity index (χ4v) is 2.69. The van der Waals surface area contributed by atoms with Crippen molar-refractivity contribution in [1.82, 2.24) is 20.4 Å². The van der Waals surface area contributed by atoms with Gasteiger partial charge in [0.1, 0.15) is 5.69 Å². The van der Waals surface area contributed by atoms with Gasteiger partial charge >= 0.3 is 0 Å². The molecule has 0 radical (unpaired) electrons. The van der Waals surface area contributed by atoms with Crippen LogP contribution >= 0.6 is 11.6 Å². The van der Waals surface area contributed by atoms with Crippen LogP contribution in [0.5, 0.6) is 0 Å². The van der Waals surface area contributed by atoms with Crippen LogP contribution < -0.4 is 10.6 Å². The van der Waals surface area contributed by atoms with Crippen LogP contribution in [0.1, 0.15) is 10.5 Å². The van der Waals surface area contributed by atoms with Gasteiger partial charge in [0.15, 0.2) is 11.5 Å². The number of nitrogens with zero attached hydrogens (tertiary/aromatic N) is 2. The van der Waals surface area contributed by atoms with Gasteiger partial charge in [-0.2, -0.15) is 5.10 Å². The number of amides is 2. The number of furan rings is 1. The highest BCUT2D eigenvalue weighted by atomic mass is 35.5. The highest BCUT2D eigenvalue weighted by Gasteiger charge is 2.19. The summed E-state index contributed by atoms with van der Waals surface area (Å²) in [6.45, 7) is 0.607. The number of rotatable bonds is 8. The number of aromatic nitrogens is 2. The third-order valence-corrected chi connectivity index (χ3v) is 4.04. The minimum Gasteiger partial charge on any atom is -0.463 e. The summed E-state index contributed by atoms with van der Waals surface area (Å²) in [5, 5.41) is 10.1. The highest BCUT2D eigenvalue weighted by Crippen LogP contribution is 2.25. The molecule has 2 N–H and O–H groups in total. The molecule has 0 saturated heterocycles. The molecule has 2 heterocycles. The van der Waals surface area contributed by atoms with Gasteiger partial charge in [0.25, 0.3) is 5.91 Å². The summed E-state index contributed by atoms with van der Waals surface area (Å²) in [5.41, 5.74) is 1.41. The lowest BCUT2D eigenvalue weighted by Gasteiger charge is -2.06. The van der Waals surface area contributed by atoms with Crippen LogP contribution in [0.3, 0.4) is 0 Å². The van der Waals surface area contributed by atoms with E-state index in [9.17, 15) is 9.59 Å². The van der Waals surface area contributed by atoms with Crippen molar-refractivity contribution in [3.63, 3.8) is 0 Å². The zero-order valence-electron chi connectivity index (χ0n) is 15.1. The van der Waals surface area contributed by atoms with Gasteiger partial charge in [0, 0.05) is 24.7 Å². The molecule has 8 nitrogen and oxygen atoms in total. The Kier molecular flexibility index (Phi) is 6.46. The van der Waals surface area contributed by atoms with Crippen LogP contribution in [0.4, 0.5) is 0 Å². The van der Waals surface area contributed by atoms with Gasteiger partial charge in [0.2, 0.25) is 5.91 Å². The van der Waals surface area contributed by atoms with E-state index in [2.05, 4.69) is 15.7 Å². The van der Waals surface area contributed by atoms with E-state index in [0.29, 0.717) is 35.3 Å². The van der Waals surface area contributed by atoms with Crippen LogP contribution in [0, 0.1) is 0 Å². The van der Waals surface area contributed by atoms with Gasteiger partial charge in [-0.15, -0.1) is 0 Å². The van der Waals surface area contributed by atoms with Crippen molar-refractivity contribution in [3.8, 4) is 17.1 Å². The average Bonchev–Trinajstić information content (AvgIpc) is 3.36. The highest BCUT2D eigenvalue weighted by molar-refractivity contribution is 6.30. The molecular formula is C19H19ClN4O4. The van der Waals surface area contributed by atoms with Crippen LogP contribution in [-0.4, -0.2) is 48.4 Å². The second kappa shape index (κ2) is 9.20. The first kappa shape index (κ1) is 19.7. The molecule has 2 amide bonds. The summed E-state index contributed by atoms with van der Waals surface area (Å²) in [4.78, 5) is 24.2. The van der Waals surface area contributed by atoms with E-state index < -0.39 is 5.91 Å². The van der Waals surface area contributed by atoms with Crippen molar-refractivity contribution < 1.29 is 18.7 Å². The minimum absolute atomic E-state index is 0.149. The number of benzene rings is 1. The molecule has 0 fully saturated rings. The average molecular weight is 403 g/mol. The van der Waals surface area contributed by atoms with Crippen molar-refractivity contribution in [1.29, 1.82) is 0 Å². The van der Waals surface area contributed by atoms with Crippen LogP contribution in [0.15, 0.2) is 53.1 Å². The third kappa shape index (κ3) is 4.79. The Morgan fingerprint density at radius 2 is 2.07 bits per heavy atom. The fraction of sp³-hybridized carbons (Fsp3) is 0.211. The molecule has 0 bridgehead atoms. The molecule has 2 aromatic heterocycles. The van der Waals surface area contributed by atoms with Crippen LogP contribution in [-0.2, 0) is 9.53 Å². The predicted molar refractivity (Wildman–Crippen MR) is 103 cm³/mol. The van der Waals surface area contributed by atoms with Gasteiger partial charge in [0.05, 0.1) is 25.1 Å². The van der Waals surface area contributed by atoms with E-state index in [4.69, 9.17) is 20.8 Å². The van der Waals surface area contributed by atoms with E-state index in [1.165, 1.54) is 6.26 Å². The van der Waals surface area contributed by atoms with Crippen LogP contribution in [0.2, 0.25) is 5.02 Å². The predicted octanol–water partition coefficient (Wildman–Crippen LogP) is 2.28. The molecule has 3 rings (SSSR count). The summed E-state index contributed by atoms with van der Waals surface area (Å²) in [6, 6.07) is 12.2. The topological polar surface area (TPSA) is 98.4 Å². The Balaban J connectivity index is 1.79. The Morgan fingerprint density at radius 3 is 2.79 bits per heavy atom. The standard InChI is InChI=1S/C19H19ClN4O4/c1-27-9-7-21-18(25)12-22-19(26)15-11-16(17-6-3-8-28-17)24(23-15)14-5-2-4-13(20)10-14/h2-6,8,10-11H,7,9,12H2,1H3,(H,21,25)(H,22,26). The number of methoxy groups -OCH3 is 1. The van der Waals surface area contributed by atoms with Crippen molar-refractivity contribution in [3.05, 3.63) is 59.4 Å². The number of halogens is 1. The number of carbonyl (C=O) groups is 2. The maximum atomic E-state index is 12.5. The second-order valence-electron chi connectivity index (χ2n) is 5.81. The molecule has 0 aliphatic heterocycles. The molecule has 0 unspecified atom stereocenters. The number of nitrogens with one attached hydrogen (secondary N) is 2. The summed E-state index contributed by atoms with van der Waals surface area (Å²) in [5.74, 6) is -0.245. The number of hydrogen-bond acceptors (Lipinski definition) is 5. The largest absolute Gasteiger partial charge is 0.463 e. The zero-order chi connectivity index (χ0) is 19.9. The Labute approximate surface area is 166 Å². The van der Waals surface area contributed by atoms with Crippen molar-refractivity contribution in [2.75, 3.05) is 26.8 Å². The lowest BCUT2D eigenvalue weighted by Crippen LogP contribution is -2.38. The number of hydrogen-bond donors (Lipinski definition) is 2. The molecule has 3 aromatic rings. The smallest absolute Gasteiger partial charge is 0.272 e. The van der Waals surface area contributed by atoms with E-state index in [1.807, 2.05) is 6.07 Å². The lowest BCUT2D eigenvalue weighted by atomic mass is 10.2. The molecule has 0 atom stereocenters. The third-order valence-electron chi connectivity index (χ3n) is 3.81. The summed E-state index contributed by atoms with van der Waals surface area (Å²) in [7, 11) is 1.54. The lowest BCUT2D eigenvalue weighted by molar-refractivity contribution is -0.120. The zero-order valence-corrected chi connectivity index (χ0v) is 15.9. The Bertz CT molecular complexity index is 953. The molecule has 0 aliphatic carbocycles. The molecule has 28 heavy (non-hydrogen) atoms. The summed E-state index contributed by atoms with van der Waals surface area (Å²) >= 11 is 6.08. The number of carbonyl (C=O) groups excluding carboxylic acids is 2. The minimum atomic E-state index is -0.476. The molecule has 0 saturated carbocycles. The Morgan fingerprint density at radius 1 is 1.21 bits per heavy atom. The summed E-state index contributed by atoms with van der Waals surface area (Å²) < 4.78 is 11.9. The van der Waals surface area contributed by atoms with Gasteiger partial charge in [-0.1, -0.05) is 17.7 Å².